The molecule has 0 atom stereocenters. The summed E-state index contributed by atoms with van der Waals surface area (Å²) >= 11 is 0. The Morgan fingerprint density at radius 3 is 2.45 bits per heavy atom. The molecule has 3 aromatic rings. The third-order valence-corrected chi connectivity index (χ3v) is 4.31. The number of ether oxygens (including phenoxy) is 3. The Hall–Kier alpha value is -3.49. The Morgan fingerprint density at radius 2 is 1.74 bits per heavy atom. The number of aromatic nitrogens is 1. The maximum atomic E-state index is 12.5. The molecule has 164 valence electrons. The average Bonchev–Trinajstić information content (AvgIpc) is 3.20. The third-order valence-electron chi connectivity index (χ3n) is 4.31. The summed E-state index contributed by atoms with van der Waals surface area (Å²) in [5, 5.41) is 0. The first kappa shape index (κ1) is 22.2. The highest BCUT2D eigenvalue weighted by atomic mass is 19.4. The minimum atomic E-state index is -4.49. The van der Waals surface area contributed by atoms with Gasteiger partial charge in [0.25, 0.3) is 0 Å². The minimum Gasteiger partial charge on any atom is -0.496 e. The topological polar surface area (TPSA) is 70.8 Å². The van der Waals surface area contributed by atoms with Crippen molar-refractivity contribution >= 4 is 5.78 Å². The van der Waals surface area contributed by atoms with Crippen LogP contribution in [0.1, 0.15) is 11.3 Å². The molecule has 31 heavy (non-hydrogen) atoms. The monoisotopic (exact) mass is 435 g/mol. The highest BCUT2D eigenvalue weighted by Crippen LogP contribution is 2.33. The van der Waals surface area contributed by atoms with Crippen LogP contribution in [0.5, 0.6) is 17.2 Å². The molecule has 0 radical (unpaired) electrons. The number of alkyl halides is 3. The van der Waals surface area contributed by atoms with Gasteiger partial charge in [-0.25, -0.2) is 4.98 Å². The van der Waals surface area contributed by atoms with Crippen molar-refractivity contribution in [3.05, 3.63) is 60.0 Å². The van der Waals surface area contributed by atoms with Crippen LogP contribution in [0.3, 0.4) is 0 Å². The molecule has 0 saturated carbocycles. The van der Waals surface area contributed by atoms with Gasteiger partial charge < -0.3 is 18.6 Å². The van der Waals surface area contributed by atoms with Crippen LogP contribution in [0.15, 0.2) is 53.1 Å². The Morgan fingerprint density at radius 1 is 1.00 bits per heavy atom. The number of carbonyl (C=O) groups excluding carboxylic acids is 1. The van der Waals surface area contributed by atoms with Gasteiger partial charge in [-0.3, -0.25) is 4.79 Å². The molecule has 0 amide bonds. The van der Waals surface area contributed by atoms with Crippen LogP contribution < -0.4 is 14.2 Å². The number of para-hydroxylation sites is 1. The maximum Gasteiger partial charge on any atom is 0.422 e. The molecule has 0 saturated heterocycles. The number of rotatable bonds is 9. The Bertz CT molecular complexity index is 1050. The molecule has 2 aromatic carbocycles. The molecule has 1 aromatic heterocycles. The van der Waals surface area contributed by atoms with Crippen molar-refractivity contribution < 1.29 is 36.6 Å². The Balaban J connectivity index is 1.72. The van der Waals surface area contributed by atoms with E-state index in [1.807, 2.05) is 18.2 Å². The van der Waals surface area contributed by atoms with Gasteiger partial charge in [-0.05, 0) is 24.3 Å². The van der Waals surface area contributed by atoms with Gasteiger partial charge in [0.05, 0.1) is 26.3 Å². The maximum absolute atomic E-state index is 12.5. The van der Waals surface area contributed by atoms with E-state index in [0.717, 1.165) is 5.56 Å². The molecular formula is C22H20F3NO5. The summed E-state index contributed by atoms with van der Waals surface area (Å²) in [6.45, 7) is -1.46. The number of carbonyl (C=O) groups is 1. The number of Topliss-reactive ketones (excluding diaryl/α,β-unsaturated/α-hetero) is 1. The summed E-state index contributed by atoms with van der Waals surface area (Å²) < 4.78 is 58.0. The van der Waals surface area contributed by atoms with E-state index in [1.54, 1.807) is 12.1 Å². The molecule has 1 heterocycles. The second-order valence-electron chi connectivity index (χ2n) is 6.62. The third kappa shape index (κ3) is 6.00. The van der Waals surface area contributed by atoms with Crippen molar-refractivity contribution in [2.75, 3.05) is 20.8 Å². The summed E-state index contributed by atoms with van der Waals surface area (Å²) in [5.74, 6) is 0.741. The SMILES string of the molecule is COc1ccccc1CC(=O)Cc1coc(-c2ccc(OC)c(OCC(F)(F)F)c2)n1. The zero-order valence-corrected chi connectivity index (χ0v) is 16.9. The quantitative estimate of drug-likeness (QED) is 0.487. The van der Waals surface area contributed by atoms with Crippen LogP contribution in [0.25, 0.3) is 11.5 Å². The first-order valence-corrected chi connectivity index (χ1v) is 9.25. The minimum absolute atomic E-state index is 0.0368. The second kappa shape index (κ2) is 9.55. The van der Waals surface area contributed by atoms with E-state index in [-0.39, 0.29) is 36.0 Å². The van der Waals surface area contributed by atoms with Crippen molar-refractivity contribution in [3.63, 3.8) is 0 Å². The first-order valence-electron chi connectivity index (χ1n) is 9.25. The van der Waals surface area contributed by atoms with Crippen molar-refractivity contribution in [1.82, 2.24) is 4.98 Å². The molecule has 0 fully saturated rings. The van der Waals surface area contributed by atoms with Gasteiger partial charge in [-0.1, -0.05) is 18.2 Å². The standard InChI is InChI=1S/C22H20F3NO5/c1-28-18-6-4-3-5-14(18)9-17(27)11-16-12-30-21(26-16)15-7-8-19(29-2)20(10-15)31-13-22(23,24)25/h3-8,10,12H,9,11,13H2,1-2H3. The predicted octanol–water partition coefficient (Wildman–Crippen LogP) is 4.65. The van der Waals surface area contributed by atoms with Gasteiger partial charge in [0.1, 0.15) is 17.8 Å². The smallest absolute Gasteiger partial charge is 0.422 e. The van der Waals surface area contributed by atoms with Gasteiger partial charge in [-0.15, -0.1) is 0 Å². The lowest BCUT2D eigenvalue weighted by molar-refractivity contribution is -0.153. The molecular weight excluding hydrogens is 415 g/mol. The lowest BCUT2D eigenvalue weighted by Crippen LogP contribution is -2.19. The fourth-order valence-corrected chi connectivity index (χ4v) is 2.93. The molecule has 0 aliphatic carbocycles. The van der Waals surface area contributed by atoms with Crippen molar-refractivity contribution in [3.8, 4) is 28.7 Å². The zero-order chi connectivity index (χ0) is 22.4. The number of benzene rings is 2. The van der Waals surface area contributed by atoms with Crippen LogP contribution in [-0.2, 0) is 17.6 Å². The molecule has 3 rings (SSSR count). The number of nitrogens with zero attached hydrogens (tertiary/aromatic N) is 1. The zero-order valence-electron chi connectivity index (χ0n) is 16.9. The highest BCUT2D eigenvalue weighted by molar-refractivity contribution is 5.83. The van der Waals surface area contributed by atoms with E-state index < -0.39 is 12.8 Å². The average molecular weight is 435 g/mol. The van der Waals surface area contributed by atoms with Crippen molar-refractivity contribution in [2.45, 2.75) is 19.0 Å². The van der Waals surface area contributed by atoms with E-state index in [0.29, 0.717) is 17.0 Å². The summed E-state index contributed by atoms with van der Waals surface area (Å²) in [4.78, 5) is 16.7. The van der Waals surface area contributed by atoms with E-state index in [1.165, 1.54) is 32.6 Å². The van der Waals surface area contributed by atoms with Gasteiger partial charge in [0.2, 0.25) is 5.89 Å². The molecule has 0 aliphatic heterocycles. The van der Waals surface area contributed by atoms with Gasteiger partial charge in [0, 0.05) is 17.5 Å². The fraction of sp³-hybridized carbons (Fsp3) is 0.273. The molecule has 6 nitrogen and oxygen atoms in total. The first-order chi connectivity index (χ1) is 14.8. The van der Waals surface area contributed by atoms with Crippen LogP contribution in [0.2, 0.25) is 0 Å². The fourth-order valence-electron chi connectivity index (χ4n) is 2.93. The largest absolute Gasteiger partial charge is 0.496 e. The van der Waals surface area contributed by atoms with Crippen LogP contribution in [0, 0.1) is 0 Å². The second-order valence-corrected chi connectivity index (χ2v) is 6.62. The van der Waals surface area contributed by atoms with E-state index in [9.17, 15) is 18.0 Å². The Kier molecular flexibility index (Phi) is 6.84. The number of hydrogen-bond acceptors (Lipinski definition) is 6. The molecule has 0 N–H and O–H groups in total. The van der Waals surface area contributed by atoms with Crippen LogP contribution in [-0.4, -0.2) is 37.8 Å². The number of ketones is 1. The summed E-state index contributed by atoms with van der Waals surface area (Å²) in [7, 11) is 2.86. The number of halogens is 3. The van der Waals surface area contributed by atoms with Gasteiger partial charge >= 0.3 is 6.18 Å². The van der Waals surface area contributed by atoms with Crippen molar-refractivity contribution in [2.24, 2.45) is 0 Å². The summed E-state index contributed by atoms with van der Waals surface area (Å²) in [6, 6.07) is 11.6. The van der Waals surface area contributed by atoms with Gasteiger partial charge in [-0.2, -0.15) is 13.2 Å². The molecule has 0 spiro atoms. The van der Waals surface area contributed by atoms with E-state index in [4.69, 9.17) is 18.6 Å². The van der Waals surface area contributed by atoms with Gasteiger partial charge in [0.15, 0.2) is 18.1 Å². The molecule has 0 unspecified atom stereocenters. The predicted molar refractivity (Wildman–Crippen MR) is 105 cm³/mol. The number of methoxy groups -OCH3 is 2. The van der Waals surface area contributed by atoms with Crippen LogP contribution in [0.4, 0.5) is 13.2 Å². The number of hydrogen-bond donors (Lipinski definition) is 0. The lowest BCUT2D eigenvalue weighted by Gasteiger charge is -2.13. The lowest BCUT2D eigenvalue weighted by atomic mass is 10.1. The summed E-state index contributed by atoms with van der Waals surface area (Å²) in [5.41, 5.74) is 1.56. The molecule has 0 aliphatic rings. The molecule has 0 bridgehead atoms. The summed E-state index contributed by atoms with van der Waals surface area (Å²) in [6.07, 6.45) is -2.94. The van der Waals surface area contributed by atoms with E-state index in [2.05, 4.69) is 4.98 Å². The van der Waals surface area contributed by atoms with Crippen molar-refractivity contribution in [1.29, 1.82) is 0 Å². The Labute approximate surface area is 176 Å². The highest BCUT2D eigenvalue weighted by Gasteiger charge is 2.29. The molecule has 9 heteroatoms. The normalized spacial score (nSPS) is 11.3. The van der Waals surface area contributed by atoms with Crippen LogP contribution >= 0.6 is 0 Å². The van der Waals surface area contributed by atoms with E-state index >= 15 is 0 Å². The number of oxazole rings is 1.